The molecule has 3 nitrogen and oxygen atoms in total. The molecule has 2 N–H and O–H groups in total. The van der Waals surface area contributed by atoms with E-state index in [0.29, 0.717) is 10.7 Å². The summed E-state index contributed by atoms with van der Waals surface area (Å²) in [5, 5.41) is 0.691. The Kier molecular flexibility index (Phi) is 4.58. The van der Waals surface area contributed by atoms with Crippen LogP contribution in [0.15, 0.2) is 36.4 Å². The minimum absolute atomic E-state index is 0.0553. The van der Waals surface area contributed by atoms with E-state index >= 15 is 0 Å². The van der Waals surface area contributed by atoms with Crippen molar-refractivity contribution in [1.82, 2.24) is 0 Å². The van der Waals surface area contributed by atoms with Crippen LogP contribution >= 0.6 is 11.6 Å². The Morgan fingerprint density at radius 2 is 1.86 bits per heavy atom. The van der Waals surface area contributed by atoms with Gasteiger partial charge in [-0.1, -0.05) is 23.7 Å². The Morgan fingerprint density at radius 3 is 2.43 bits per heavy atom. The Labute approximate surface area is 129 Å². The number of nitrogen functional groups attached to an aromatic ring is 1. The van der Waals surface area contributed by atoms with E-state index in [0.717, 1.165) is 11.3 Å². The Balaban J connectivity index is 2.34. The van der Waals surface area contributed by atoms with E-state index < -0.39 is 5.82 Å². The quantitative estimate of drug-likeness (QED) is 0.857. The molecule has 0 saturated carbocycles. The van der Waals surface area contributed by atoms with Gasteiger partial charge in [-0.3, -0.25) is 0 Å². The molecule has 2 rings (SSSR count). The lowest BCUT2D eigenvalue weighted by Gasteiger charge is -2.29. The molecule has 112 valence electrons. The van der Waals surface area contributed by atoms with Gasteiger partial charge in [0.05, 0.1) is 24.5 Å². The fourth-order valence-electron chi connectivity index (χ4n) is 2.19. The highest BCUT2D eigenvalue weighted by atomic mass is 35.5. The van der Waals surface area contributed by atoms with E-state index in [1.165, 1.54) is 13.2 Å². The van der Waals surface area contributed by atoms with Gasteiger partial charge in [-0.05, 0) is 24.6 Å². The van der Waals surface area contributed by atoms with Crippen LogP contribution in [0.3, 0.4) is 0 Å². The minimum atomic E-state index is -0.466. The molecule has 0 amide bonds. The number of methoxy groups -OCH3 is 1. The molecule has 0 saturated heterocycles. The third kappa shape index (κ3) is 3.22. The monoisotopic (exact) mass is 308 g/mol. The highest BCUT2D eigenvalue weighted by Crippen LogP contribution is 2.34. The van der Waals surface area contributed by atoms with Gasteiger partial charge in [0.1, 0.15) is 0 Å². The van der Waals surface area contributed by atoms with E-state index in [1.54, 1.807) is 6.07 Å². The second kappa shape index (κ2) is 6.22. The van der Waals surface area contributed by atoms with Gasteiger partial charge in [0, 0.05) is 24.2 Å². The van der Waals surface area contributed by atoms with Crippen molar-refractivity contribution in [2.24, 2.45) is 0 Å². The molecule has 21 heavy (non-hydrogen) atoms. The minimum Gasteiger partial charge on any atom is -0.494 e. The number of hydrogen-bond acceptors (Lipinski definition) is 3. The molecule has 0 aliphatic rings. The van der Waals surface area contributed by atoms with E-state index in [2.05, 4.69) is 0 Å². The number of anilines is 2. The first-order chi connectivity index (χ1) is 9.93. The fourth-order valence-corrected chi connectivity index (χ4v) is 2.32. The van der Waals surface area contributed by atoms with Crippen LogP contribution in [0.5, 0.6) is 5.75 Å². The van der Waals surface area contributed by atoms with Crippen LogP contribution in [0.4, 0.5) is 15.8 Å². The van der Waals surface area contributed by atoms with Crippen LogP contribution in [0.2, 0.25) is 5.02 Å². The average molecular weight is 309 g/mol. The van der Waals surface area contributed by atoms with E-state index in [9.17, 15) is 4.39 Å². The summed E-state index contributed by atoms with van der Waals surface area (Å²) < 4.78 is 18.6. The molecule has 0 aliphatic carbocycles. The molecule has 1 unspecified atom stereocenters. The molecule has 0 bridgehead atoms. The number of halogens is 2. The second-order valence-electron chi connectivity index (χ2n) is 4.88. The zero-order chi connectivity index (χ0) is 15.6. The summed E-state index contributed by atoms with van der Waals surface area (Å²) >= 11 is 5.90. The normalized spacial score (nSPS) is 12.0. The molecule has 0 fully saturated rings. The van der Waals surface area contributed by atoms with E-state index in [-0.39, 0.29) is 11.8 Å². The van der Waals surface area contributed by atoms with Crippen molar-refractivity contribution in [2.45, 2.75) is 13.0 Å². The molecule has 0 aromatic heterocycles. The predicted octanol–water partition coefficient (Wildman–Crippen LogP) is 4.27. The van der Waals surface area contributed by atoms with Gasteiger partial charge in [0.15, 0.2) is 11.6 Å². The molecule has 5 heteroatoms. The first-order valence-corrected chi connectivity index (χ1v) is 6.93. The number of nitrogens with two attached hydrogens (primary N) is 1. The number of nitrogens with zero attached hydrogens (tertiary/aromatic N) is 1. The lowest BCUT2D eigenvalue weighted by molar-refractivity contribution is 0.386. The van der Waals surface area contributed by atoms with Gasteiger partial charge in [0.2, 0.25) is 0 Å². The smallest absolute Gasteiger partial charge is 0.167 e. The highest BCUT2D eigenvalue weighted by molar-refractivity contribution is 6.30. The van der Waals surface area contributed by atoms with Crippen LogP contribution in [0, 0.1) is 5.82 Å². The molecule has 1 atom stereocenters. The molecular formula is C16H18ClFN2O. The van der Waals surface area contributed by atoms with Crippen molar-refractivity contribution in [2.75, 3.05) is 24.8 Å². The van der Waals surface area contributed by atoms with E-state index in [1.807, 2.05) is 43.1 Å². The number of rotatable bonds is 4. The maximum absolute atomic E-state index is 13.6. The maximum Gasteiger partial charge on any atom is 0.167 e. The molecule has 2 aromatic rings. The largest absolute Gasteiger partial charge is 0.494 e. The van der Waals surface area contributed by atoms with Crippen LogP contribution in [-0.4, -0.2) is 14.2 Å². The maximum atomic E-state index is 13.6. The van der Waals surface area contributed by atoms with Crippen LogP contribution < -0.4 is 15.4 Å². The van der Waals surface area contributed by atoms with Crippen molar-refractivity contribution in [3.8, 4) is 5.75 Å². The SMILES string of the molecule is COc1cc(N(C)C(C)c2ccc(Cl)cc2)c(N)cc1F. The third-order valence-electron chi connectivity index (χ3n) is 3.61. The topological polar surface area (TPSA) is 38.5 Å². The van der Waals surface area contributed by atoms with Gasteiger partial charge in [0.25, 0.3) is 0 Å². The average Bonchev–Trinajstić information content (AvgIpc) is 2.47. The number of hydrogen-bond donors (Lipinski definition) is 1. The molecule has 2 aromatic carbocycles. The van der Waals surface area contributed by atoms with Crippen LogP contribution in [0.1, 0.15) is 18.5 Å². The second-order valence-corrected chi connectivity index (χ2v) is 5.32. The number of benzene rings is 2. The van der Waals surface area contributed by atoms with Gasteiger partial charge in [-0.2, -0.15) is 0 Å². The summed E-state index contributed by atoms with van der Waals surface area (Å²) in [5.41, 5.74) is 8.11. The molecule has 0 spiro atoms. The van der Waals surface area contributed by atoms with Crippen molar-refractivity contribution in [3.63, 3.8) is 0 Å². The summed E-state index contributed by atoms with van der Waals surface area (Å²) in [6, 6.07) is 10.5. The zero-order valence-electron chi connectivity index (χ0n) is 12.2. The lowest BCUT2D eigenvalue weighted by atomic mass is 10.1. The van der Waals surface area contributed by atoms with Gasteiger partial charge >= 0.3 is 0 Å². The highest BCUT2D eigenvalue weighted by Gasteiger charge is 2.17. The Hall–Kier alpha value is -1.94. The van der Waals surface area contributed by atoms with E-state index in [4.69, 9.17) is 22.1 Å². The Morgan fingerprint density at radius 1 is 1.24 bits per heavy atom. The molecule has 0 heterocycles. The van der Waals surface area contributed by atoms with Crippen LogP contribution in [0.25, 0.3) is 0 Å². The van der Waals surface area contributed by atoms with Crippen molar-refractivity contribution >= 4 is 23.0 Å². The van der Waals surface area contributed by atoms with Crippen molar-refractivity contribution in [3.05, 3.63) is 52.8 Å². The summed E-state index contributed by atoms with van der Waals surface area (Å²) in [6.07, 6.45) is 0. The van der Waals surface area contributed by atoms with Gasteiger partial charge < -0.3 is 15.4 Å². The first kappa shape index (κ1) is 15.4. The Bertz CT molecular complexity index is 631. The fraction of sp³-hybridized carbons (Fsp3) is 0.250. The van der Waals surface area contributed by atoms with Crippen LogP contribution in [-0.2, 0) is 0 Å². The summed E-state index contributed by atoms with van der Waals surface area (Å²) in [7, 11) is 3.34. The predicted molar refractivity (Wildman–Crippen MR) is 85.6 cm³/mol. The van der Waals surface area contributed by atoms with Crippen molar-refractivity contribution < 1.29 is 9.13 Å². The summed E-state index contributed by atoms with van der Waals surface area (Å²) in [5.74, 6) is -0.291. The van der Waals surface area contributed by atoms with Crippen molar-refractivity contribution in [1.29, 1.82) is 0 Å². The first-order valence-electron chi connectivity index (χ1n) is 6.55. The third-order valence-corrected chi connectivity index (χ3v) is 3.87. The van der Waals surface area contributed by atoms with Gasteiger partial charge in [-0.15, -0.1) is 0 Å². The van der Waals surface area contributed by atoms with Gasteiger partial charge in [-0.25, -0.2) is 4.39 Å². The molecule has 0 aliphatic heterocycles. The summed E-state index contributed by atoms with van der Waals surface area (Å²) in [4.78, 5) is 1.97. The lowest BCUT2D eigenvalue weighted by Crippen LogP contribution is -2.22. The summed E-state index contributed by atoms with van der Waals surface area (Å²) in [6.45, 7) is 2.04. The number of ether oxygens (including phenoxy) is 1. The standard InChI is InChI=1S/C16H18ClFN2O/c1-10(11-4-6-12(17)7-5-11)20(2)15-9-16(21-3)13(18)8-14(15)19/h4-10H,19H2,1-3H3. The molecular weight excluding hydrogens is 291 g/mol. The molecule has 0 radical (unpaired) electrons. The zero-order valence-corrected chi connectivity index (χ0v) is 13.0.